The molecule has 1 saturated carbocycles. The highest BCUT2D eigenvalue weighted by Crippen LogP contribution is 2.43. The molecule has 0 spiro atoms. The van der Waals surface area contributed by atoms with Gasteiger partial charge in [-0.05, 0) is 43.9 Å². The van der Waals surface area contributed by atoms with Crippen LogP contribution < -0.4 is 11.1 Å². The molecule has 1 aromatic carbocycles. The van der Waals surface area contributed by atoms with E-state index in [4.69, 9.17) is 5.73 Å². The molecule has 0 atom stereocenters. The lowest BCUT2D eigenvalue weighted by molar-refractivity contribution is -0.385. The van der Waals surface area contributed by atoms with Crippen LogP contribution in [0.5, 0.6) is 0 Å². The van der Waals surface area contributed by atoms with Crippen molar-refractivity contribution < 1.29 is 9.72 Å². The molecule has 1 fully saturated rings. The summed E-state index contributed by atoms with van der Waals surface area (Å²) < 4.78 is 0. The third-order valence-corrected chi connectivity index (χ3v) is 4.06. The summed E-state index contributed by atoms with van der Waals surface area (Å²) in [4.78, 5) is 22.3. The minimum absolute atomic E-state index is 0.0418. The lowest BCUT2D eigenvalue weighted by Crippen LogP contribution is -2.40. The molecule has 0 heterocycles. The van der Waals surface area contributed by atoms with E-state index in [0.29, 0.717) is 24.2 Å². The van der Waals surface area contributed by atoms with Gasteiger partial charge in [-0.3, -0.25) is 14.9 Å². The molecule has 0 radical (unpaired) electrons. The topological polar surface area (TPSA) is 98.3 Å². The molecule has 0 aliphatic heterocycles. The zero-order valence-electron chi connectivity index (χ0n) is 11.5. The molecule has 6 heteroatoms. The van der Waals surface area contributed by atoms with Gasteiger partial charge in [0.1, 0.15) is 0 Å². The molecule has 0 unspecified atom stereocenters. The van der Waals surface area contributed by atoms with Gasteiger partial charge in [-0.15, -0.1) is 0 Å². The first-order valence-corrected chi connectivity index (χ1v) is 6.71. The van der Waals surface area contributed by atoms with Gasteiger partial charge in [0.15, 0.2) is 0 Å². The smallest absolute Gasteiger partial charge is 0.272 e. The van der Waals surface area contributed by atoms with Crippen molar-refractivity contribution in [3.05, 3.63) is 33.9 Å². The number of rotatable bonds is 5. The molecule has 1 amide bonds. The fourth-order valence-electron chi connectivity index (χ4n) is 2.61. The van der Waals surface area contributed by atoms with Crippen molar-refractivity contribution in [3.63, 3.8) is 0 Å². The van der Waals surface area contributed by atoms with Crippen molar-refractivity contribution in [2.75, 3.05) is 11.9 Å². The average molecular weight is 277 g/mol. The van der Waals surface area contributed by atoms with E-state index >= 15 is 0 Å². The average Bonchev–Trinajstić information content (AvgIpc) is 2.33. The van der Waals surface area contributed by atoms with E-state index in [2.05, 4.69) is 5.32 Å². The third kappa shape index (κ3) is 2.96. The summed E-state index contributed by atoms with van der Waals surface area (Å²) in [6.45, 7) is 2.18. The summed E-state index contributed by atoms with van der Waals surface area (Å²) in [5, 5.41) is 13.5. The second-order valence-electron chi connectivity index (χ2n) is 5.54. The minimum Gasteiger partial charge on any atom is -0.330 e. The second-order valence-corrected chi connectivity index (χ2v) is 5.54. The van der Waals surface area contributed by atoms with Gasteiger partial charge in [0.05, 0.1) is 4.92 Å². The Bertz CT molecular complexity index is 533. The predicted molar refractivity (Wildman–Crippen MR) is 76.4 cm³/mol. The van der Waals surface area contributed by atoms with Gasteiger partial charge in [-0.1, -0.05) is 6.42 Å². The molecule has 1 aromatic rings. The maximum Gasteiger partial charge on any atom is 0.272 e. The van der Waals surface area contributed by atoms with Crippen molar-refractivity contribution in [1.29, 1.82) is 0 Å². The minimum atomic E-state index is -0.432. The van der Waals surface area contributed by atoms with Gasteiger partial charge in [-0.25, -0.2) is 0 Å². The highest BCUT2D eigenvalue weighted by molar-refractivity contribution is 5.91. The number of nitro groups is 1. The van der Waals surface area contributed by atoms with Gasteiger partial charge in [0, 0.05) is 23.7 Å². The Kier molecular flexibility index (Phi) is 4.04. The highest BCUT2D eigenvalue weighted by atomic mass is 16.6. The summed E-state index contributed by atoms with van der Waals surface area (Å²) in [7, 11) is 0. The highest BCUT2D eigenvalue weighted by Gasteiger charge is 2.37. The van der Waals surface area contributed by atoms with Crippen molar-refractivity contribution in [2.24, 2.45) is 11.1 Å². The normalized spacial score (nSPS) is 16.3. The quantitative estimate of drug-likeness (QED) is 0.637. The van der Waals surface area contributed by atoms with Gasteiger partial charge in [0.25, 0.3) is 5.69 Å². The van der Waals surface area contributed by atoms with E-state index in [0.717, 1.165) is 19.3 Å². The number of hydrogen-bond acceptors (Lipinski definition) is 4. The number of nitrogens with two attached hydrogens (primary N) is 1. The SMILES string of the molecule is Cc1cc(NC(=O)CC2(CN)CCC2)ccc1[N+](=O)[O-]. The van der Waals surface area contributed by atoms with Gasteiger partial charge in [-0.2, -0.15) is 0 Å². The summed E-state index contributed by atoms with van der Waals surface area (Å²) in [6, 6.07) is 4.58. The lowest BCUT2D eigenvalue weighted by Gasteiger charge is -2.40. The van der Waals surface area contributed by atoms with E-state index in [9.17, 15) is 14.9 Å². The monoisotopic (exact) mass is 277 g/mol. The maximum atomic E-state index is 12.0. The van der Waals surface area contributed by atoms with Crippen LogP contribution in [-0.4, -0.2) is 17.4 Å². The van der Waals surface area contributed by atoms with E-state index in [1.165, 1.54) is 6.07 Å². The standard InChI is InChI=1S/C14H19N3O3/c1-10-7-11(3-4-12(10)17(19)20)16-13(18)8-14(9-15)5-2-6-14/h3-4,7H,2,5-6,8-9,15H2,1H3,(H,16,18). The summed E-state index contributed by atoms with van der Waals surface area (Å²) in [6.07, 6.45) is 3.53. The van der Waals surface area contributed by atoms with Crippen molar-refractivity contribution >= 4 is 17.3 Å². The Labute approximate surface area is 117 Å². The molecule has 0 bridgehead atoms. The molecule has 2 rings (SSSR count). The number of nitro benzene ring substituents is 1. The Balaban J connectivity index is 2.01. The molecular weight excluding hydrogens is 258 g/mol. The van der Waals surface area contributed by atoms with E-state index in [1.54, 1.807) is 19.1 Å². The largest absolute Gasteiger partial charge is 0.330 e. The Morgan fingerprint density at radius 2 is 2.20 bits per heavy atom. The van der Waals surface area contributed by atoms with Gasteiger partial charge >= 0.3 is 0 Å². The van der Waals surface area contributed by atoms with Gasteiger partial charge in [0.2, 0.25) is 5.91 Å². The molecule has 108 valence electrons. The number of carbonyl (C=O) groups is 1. The predicted octanol–water partition coefficient (Wildman–Crippen LogP) is 2.36. The second kappa shape index (κ2) is 5.58. The zero-order chi connectivity index (χ0) is 14.8. The summed E-state index contributed by atoms with van der Waals surface area (Å²) >= 11 is 0. The van der Waals surface area contributed by atoms with Crippen molar-refractivity contribution in [3.8, 4) is 0 Å². The number of nitrogens with zero attached hydrogens (tertiary/aromatic N) is 1. The Hall–Kier alpha value is -1.95. The van der Waals surface area contributed by atoms with Crippen LogP contribution in [-0.2, 0) is 4.79 Å². The third-order valence-electron chi connectivity index (χ3n) is 4.06. The summed E-state index contributed by atoms with van der Waals surface area (Å²) in [5.41, 5.74) is 6.87. The van der Waals surface area contributed by atoms with Crippen LogP contribution >= 0.6 is 0 Å². The van der Waals surface area contributed by atoms with Crippen LogP contribution in [0, 0.1) is 22.5 Å². The Morgan fingerprint density at radius 3 is 2.65 bits per heavy atom. The molecule has 6 nitrogen and oxygen atoms in total. The van der Waals surface area contributed by atoms with E-state index < -0.39 is 4.92 Å². The molecule has 3 N–H and O–H groups in total. The molecule has 0 saturated heterocycles. The first kappa shape index (κ1) is 14.5. The lowest BCUT2D eigenvalue weighted by atomic mass is 9.66. The molecule has 1 aliphatic carbocycles. The van der Waals surface area contributed by atoms with E-state index in [-0.39, 0.29) is 17.0 Å². The molecule has 1 aliphatic rings. The van der Waals surface area contributed by atoms with Gasteiger partial charge < -0.3 is 11.1 Å². The maximum absolute atomic E-state index is 12.0. The van der Waals surface area contributed by atoms with Crippen molar-refractivity contribution in [2.45, 2.75) is 32.6 Å². The fourth-order valence-corrected chi connectivity index (χ4v) is 2.61. The number of carbonyl (C=O) groups excluding carboxylic acids is 1. The van der Waals surface area contributed by atoms with Crippen molar-refractivity contribution in [1.82, 2.24) is 0 Å². The van der Waals surface area contributed by atoms with Crippen LogP contribution in [0.4, 0.5) is 11.4 Å². The number of aryl methyl sites for hydroxylation is 1. The van der Waals surface area contributed by atoms with Crippen LogP contribution in [0.15, 0.2) is 18.2 Å². The molecular formula is C14H19N3O3. The molecule has 0 aromatic heterocycles. The molecule has 20 heavy (non-hydrogen) atoms. The Morgan fingerprint density at radius 1 is 1.50 bits per heavy atom. The van der Waals surface area contributed by atoms with E-state index in [1.807, 2.05) is 0 Å². The number of hydrogen-bond donors (Lipinski definition) is 2. The fraction of sp³-hybridized carbons (Fsp3) is 0.500. The number of anilines is 1. The van der Waals surface area contributed by atoms with Crippen LogP contribution in [0.1, 0.15) is 31.2 Å². The number of nitrogens with one attached hydrogen (secondary N) is 1. The summed E-state index contributed by atoms with van der Waals surface area (Å²) in [5.74, 6) is -0.0802. The first-order chi connectivity index (χ1) is 9.46. The zero-order valence-corrected chi connectivity index (χ0v) is 11.5. The van der Waals surface area contributed by atoms with Crippen LogP contribution in [0.25, 0.3) is 0 Å². The first-order valence-electron chi connectivity index (χ1n) is 6.71. The van der Waals surface area contributed by atoms with Crippen LogP contribution in [0.3, 0.4) is 0 Å². The van der Waals surface area contributed by atoms with Crippen LogP contribution in [0.2, 0.25) is 0 Å². The number of benzene rings is 1. The number of amides is 1.